The van der Waals surface area contributed by atoms with E-state index in [9.17, 15) is 19.7 Å². The fraction of sp³-hybridized carbons (Fsp3) is 0.160. The normalized spacial score (nSPS) is 11.9. The number of benzene rings is 3. The van der Waals surface area contributed by atoms with Crippen LogP contribution in [0, 0.1) is 24.0 Å². The summed E-state index contributed by atoms with van der Waals surface area (Å²) in [7, 11) is 0. The maximum absolute atomic E-state index is 13.4. The van der Waals surface area contributed by atoms with Crippen molar-refractivity contribution in [2.75, 3.05) is 5.32 Å². The lowest BCUT2D eigenvalue weighted by atomic mass is 10.1. The van der Waals surface area contributed by atoms with Crippen molar-refractivity contribution in [3.63, 3.8) is 0 Å². The zero-order chi connectivity index (χ0) is 24.4. The molecule has 1 amide bonds. The summed E-state index contributed by atoms with van der Waals surface area (Å²) in [5.74, 6) is -0.437. The quantitative estimate of drug-likeness (QED) is 0.182. The second kappa shape index (κ2) is 9.48. The van der Waals surface area contributed by atoms with Crippen molar-refractivity contribution in [1.29, 1.82) is 0 Å². The molecule has 4 aromatic rings. The summed E-state index contributed by atoms with van der Waals surface area (Å²) >= 11 is 1.12. The number of carbonyl (C=O) groups excluding carboxylic acids is 1. The molecule has 0 aliphatic carbocycles. The van der Waals surface area contributed by atoms with Gasteiger partial charge in [0.25, 0.3) is 11.2 Å². The standard InChI is InChI=1S/C25H22N4O4S/c1-15-12-13-18(14-16(15)2)28-24(31)19-8-4-5-9-20(19)27-25(28)34-17(3)23(30)26-21-10-6-7-11-22(21)29(32)33/h4-14,17H,1-3H3,(H,26,30). The van der Waals surface area contributed by atoms with Crippen LogP contribution in [0.5, 0.6) is 0 Å². The van der Waals surface area contributed by atoms with Gasteiger partial charge in [0.05, 0.1) is 26.8 Å². The van der Waals surface area contributed by atoms with Crippen molar-refractivity contribution < 1.29 is 9.72 Å². The van der Waals surface area contributed by atoms with Crippen LogP contribution in [-0.2, 0) is 4.79 Å². The van der Waals surface area contributed by atoms with E-state index in [1.807, 2.05) is 32.0 Å². The third kappa shape index (κ3) is 4.55. The first-order chi connectivity index (χ1) is 16.3. The van der Waals surface area contributed by atoms with E-state index in [4.69, 9.17) is 0 Å². The van der Waals surface area contributed by atoms with E-state index in [2.05, 4.69) is 10.3 Å². The SMILES string of the molecule is Cc1ccc(-n2c(SC(C)C(=O)Nc3ccccc3[N+](=O)[O-])nc3ccccc3c2=O)cc1C. The molecule has 1 aromatic heterocycles. The van der Waals surface area contributed by atoms with Crippen molar-refractivity contribution in [3.8, 4) is 5.69 Å². The average Bonchev–Trinajstić information content (AvgIpc) is 2.81. The summed E-state index contributed by atoms with van der Waals surface area (Å²) in [5.41, 5.74) is 2.99. The predicted molar refractivity (Wildman–Crippen MR) is 134 cm³/mol. The highest BCUT2D eigenvalue weighted by atomic mass is 32.2. The maximum atomic E-state index is 13.4. The number of carbonyl (C=O) groups is 1. The minimum absolute atomic E-state index is 0.114. The van der Waals surface area contributed by atoms with Gasteiger partial charge in [0.15, 0.2) is 5.16 Å². The van der Waals surface area contributed by atoms with Gasteiger partial charge in [-0.05, 0) is 62.2 Å². The molecule has 0 bridgehead atoms. The molecule has 8 nitrogen and oxygen atoms in total. The second-order valence-electron chi connectivity index (χ2n) is 7.84. The predicted octanol–water partition coefficient (Wildman–Crippen LogP) is 5.03. The minimum Gasteiger partial charge on any atom is -0.319 e. The smallest absolute Gasteiger partial charge is 0.292 e. The average molecular weight is 475 g/mol. The number of anilines is 1. The first kappa shape index (κ1) is 23.2. The van der Waals surface area contributed by atoms with Crippen LogP contribution >= 0.6 is 11.8 Å². The first-order valence-electron chi connectivity index (χ1n) is 10.6. The number of fused-ring (bicyclic) bond motifs is 1. The highest BCUT2D eigenvalue weighted by Gasteiger charge is 2.23. The zero-order valence-corrected chi connectivity index (χ0v) is 19.6. The van der Waals surface area contributed by atoms with Gasteiger partial charge in [0, 0.05) is 6.07 Å². The van der Waals surface area contributed by atoms with E-state index in [0.717, 1.165) is 22.9 Å². The number of rotatable bonds is 6. The molecular weight excluding hydrogens is 452 g/mol. The molecular formula is C25H22N4O4S. The number of nitro benzene ring substituents is 1. The Balaban J connectivity index is 1.74. The van der Waals surface area contributed by atoms with Crippen LogP contribution in [0.15, 0.2) is 76.7 Å². The summed E-state index contributed by atoms with van der Waals surface area (Å²) in [6.07, 6.45) is 0. The lowest BCUT2D eigenvalue weighted by Crippen LogP contribution is -2.26. The Morgan fingerprint density at radius 3 is 2.50 bits per heavy atom. The van der Waals surface area contributed by atoms with Crippen LogP contribution in [0.4, 0.5) is 11.4 Å². The van der Waals surface area contributed by atoms with Gasteiger partial charge in [-0.2, -0.15) is 0 Å². The van der Waals surface area contributed by atoms with Crippen molar-refractivity contribution in [2.45, 2.75) is 31.2 Å². The molecule has 0 radical (unpaired) electrons. The van der Waals surface area contributed by atoms with Gasteiger partial charge in [0.1, 0.15) is 5.69 Å². The Morgan fingerprint density at radius 1 is 1.06 bits per heavy atom. The molecule has 172 valence electrons. The van der Waals surface area contributed by atoms with Crippen LogP contribution < -0.4 is 10.9 Å². The largest absolute Gasteiger partial charge is 0.319 e. The third-order valence-electron chi connectivity index (χ3n) is 5.50. The van der Waals surface area contributed by atoms with Gasteiger partial charge in [-0.25, -0.2) is 4.98 Å². The van der Waals surface area contributed by atoms with Crippen molar-refractivity contribution in [1.82, 2.24) is 9.55 Å². The van der Waals surface area contributed by atoms with E-state index >= 15 is 0 Å². The number of para-hydroxylation sites is 3. The molecule has 0 spiro atoms. The lowest BCUT2D eigenvalue weighted by Gasteiger charge is -2.17. The molecule has 0 fully saturated rings. The van der Waals surface area contributed by atoms with E-state index < -0.39 is 16.1 Å². The van der Waals surface area contributed by atoms with Crippen LogP contribution in [0.25, 0.3) is 16.6 Å². The number of nitro groups is 1. The summed E-state index contributed by atoms with van der Waals surface area (Å²) < 4.78 is 1.51. The molecule has 0 aliphatic heterocycles. The van der Waals surface area contributed by atoms with Gasteiger partial charge < -0.3 is 5.32 Å². The number of hydrogen-bond acceptors (Lipinski definition) is 6. The fourth-order valence-corrected chi connectivity index (χ4v) is 4.40. The van der Waals surface area contributed by atoms with Crippen molar-refractivity contribution in [3.05, 3.63) is 98.3 Å². The Morgan fingerprint density at radius 2 is 1.76 bits per heavy atom. The molecule has 1 unspecified atom stereocenters. The van der Waals surface area contributed by atoms with Gasteiger partial charge >= 0.3 is 0 Å². The topological polar surface area (TPSA) is 107 Å². The minimum atomic E-state index is -0.689. The highest BCUT2D eigenvalue weighted by Crippen LogP contribution is 2.28. The fourth-order valence-electron chi connectivity index (χ4n) is 3.47. The number of aromatic nitrogens is 2. The Hall–Kier alpha value is -3.98. The monoisotopic (exact) mass is 474 g/mol. The number of thioether (sulfide) groups is 1. The molecule has 0 saturated heterocycles. The maximum Gasteiger partial charge on any atom is 0.292 e. The Kier molecular flexibility index (Phi) is 6.47. The second-order valence-corrected chi connectivity index (χ2v) is 9.15. The molecule has 0 aliphatic rings. The molecule has 9 heteroatoms. The number of aryl methyl sites for hydroxylation is 2. The summed E-state index contributed by atoms with van der Waals surface area (Å²) in [6.45, 7) is 5.63. The third-order valence-corrected chi connectivity index (χ3v) is 6.56. The highest BCUT2D eigenvalue weighted by molar-refractivity contribution is 8.00. The molecule has 4 rings (SSSR count). The van der Waals surface area contributed by atoms with E-state index in [0.29, 0.717) is 21.7 Å². The number of nitrogens with one attached hydrogen (secondary N) is 1. The van der Waals surface area contributed by atoms with Crippen LogP contribution in [0.3, 0.4) is 0 Å². The molecule has 34 heavy (non-hydrogen) atoms. The lowest BCUT2D eigenvalue weighted by molar-refractivity contribution is -0.383. The van der Waals surface area contributed by atoms with E-state index in [-0.39, 0.29) is 16.9 Å². The zero-order valence-electron chi connectivity index (χ0n) is 18.8. The molecule has 1 N–H and O–H groups in total. The van der Waals surface area contributed by atoms with Crippen LogP contribution in [0.2, 0.25) is 0 Å². The van der Waals surface area contributed by atoms with Crippen LogP contribution in [-0.4, -0.2) is 25.6 Å². The number of hydrogen-bond donors (Lipinski definition) is 1. The Bertz CT molecular complexity index is 1480. The molecule has 1 heterocycles. The van der Waals surface area contributed by atoms with Crippen molar-refractivity contribution in [2.24, 2.45) is 0 Å². The van der Waals surface area contributed by atoms with Gasteiger partial charge in [-0.3, -0.25) is 24.3 Å². The van der Waals surface area contributed by atoms with E-state index in [1.165, 1.54) is 22.8 Å². The van der Waals surface area contributed by atoms with Crippen molar-refractivity contribution >= 4 is 39.9 Å². The first-order valence-corrected chi connectivity index (χ1v) is 11.4. The molecule has 1 atom stereocenters. The number of amides is 1. The van der Waals surface area contributed by atoms with E-state index in [1.54, 1.807) is 37.3 Å². The summed E-state index contributed by atoms with van der Waals surface area (Å²) in [4.78, 5) is 41.8. The molecule has 0 saturated carbocycles. The van der Waals surface area contributed by atoms with Crippen LogP contribution in [0.1, 0.15) is 18.1 Å². The van der Waals surface area contributed by atoms with Gasteiger partial charge in [0.2, 0.25) is 5.91 Å². The Labute approximate surface area is 199 Å². The van der Waals surface area contributed by atoms with Gasteiger partial charge in [-0.15, -0.1) is 0 Å². The summed E-state index contributed by atoms with van der Waals surface area (Å²) in [5, 5.41) is 14.0. The molecule has 3 aromatic carbocycles. The number of nitrogens with zero attached hydrogens (tertiary/aromatic N) is 3. The van der Waals surface area contributed by atoms with Gasteiger partial charge in [-0.1, -0.05) is 42.1 Å². The summed E-state index contributed by atoms with van der Waals surface area (Å²) in [6, 6.07) is 18.7.